The van der Waals surface area contributed by atoms with Crippen LogP contribution in [0.2, 0.25) is 0 Å². The first-order valence-electron chi connectivity index (χ1n) is 9.29. The third-order valence-electron chi connectivity index (χ3n) is 4.80. The fraction of sp³-hybridized carbons (Fsp3) is 0.0833. The Hall–Kier alpha value is -3.73. The van der Waals surface area contributed by atoms with Crippen molar-refractivity contribution in [2.45, 2.75) is 11.8 Å². The van der Waals surface area contributed by atoms with Crippen LogP contribution in [0, 0.1) is 6.92 Å². The molecule has 2 aromatic carbocycles. The molecule has 2 aromatic heterocycles. The van der Waals surface area contributed by atoms with E-state index >= 15 is 0 Å². The molecular formula is C24H19N4O. The lowest BCUT2D eigenvalue weighted by Gasteiger charge is -2.18. The quantitative estimate of drug-likeness (QED) is 0.461. The fourth-order valence-corrected chi connectivity index (χ4v) is 3.13. The van der Waals surface area contributed by atoms with Crippen LogP contribution in [0.3, 0.4) is 0 Å². The number of hydrogen-bond donors (Lipinski definition) is 0. The van der Waals surface area contributed by atoms with E-state index in [9.17, 15) is 4.79 Å². The minimum atomic E-state index is -0.481. The van der Waals surface area contributed by atoms with Gasteiger partial charge in [0.05, 0.1) is 0 Å². The molecule has 5 heteroatoms. The van der Waals surface area contributed by atoms with Crippen molar-refractivity contribution in [3.63, 3.8) is 0 Å². The second kappa shape index (κ2) is 8.52. The first kappa shape index (κ1) is 18.6. The van der Waals surface area contributed by atoms with Crippen LogP contribution >= 0.6 is 0 Å². The Morgan fingerprint density at radius 2 is 1.07 bits per heavy atom. The molecule has 0 saturated carbocycles. The summed E-state index contributed by atoms with van der Waals surface area (Å²) in [5.41, 5.74) is 3.37. The molecule has 2 heterocycles. The Labute approximate surface area is 169 Å². The summed E-state index contributed by atoms with van der Waals surface area (Å²) in [6.45, 7) is 4.17. The van der Waals surface area contributed by atoms with Gasteiger partial charge in [0, 0.05) is 47.8 Å². The largest absolute Gasteiger partial charge is 0.303 e. The summed E-state index contributed by atoms with van der Waals surface area (Å²) in [4.78, 5) is 29.5. The molecular weight excluding hydrogens is 360 g/mol. The Bertz CT molecular complexity index is 1070. The van der Waals surface area contributed by atoms with E-state index in [1.165, 1.54) is 0 Å². The van der Waals surface area contributed by atoms with Crippen molar-refractivity contribution in [1.82, 2.24) is 19.9 Å². The zero-order chi connectivity index (χ0) is 20.1. The molecule has 4 aromatic rings. The van der Waals surface area contributed by atoms with Crippen molar-refractivity contribution in [2.75, 3.05) is 0 Å². The van der Waals surface area contributed by atoms with Gasteiger partial charge in [-0.25, -0.2) is 19.9 Å². The molecule has 0 fully saturated rings. The van der Waals surface area contributed by atoms with Crippen LogP contribution in [-0.2, 0) is 4.79 Å². The lowest BCUT2D eigenvalue weighted by molar-refractivity contribution is -0.109. The minimum Gasteiger partial charge on any atom is -0.303 e. The highest BCUT2D eigenvalue weighted by molar-refractivity contribution is 5.65. The highest BCUT2D eigenvalue weighted by Gasteiger charge is 2.22. The van der Waals surface area contributed by atoms with E-state index < -0.39 is 5.92 Å². The molecule has 0 aliphatic heterocycles. The van der Waals surface area contributed by atoms with Crippen molar-refractivity contribution < 1.29 is 4.79 Å². The van der Waals surface area contributed by atoms with E-state index in [-0.39, 0.29) is 5.92 Å². The van der Waals surface area contributed by atoms with E-state index in [1.807, 2.05) is 60.7 Å². The van der Waals surface area contributed by atoms with Gasteiger partial charge in [0.25, 0.3) is 0 Å². The first-order chi connectivity index (χ1) is 14.3. The summed E-state index contributed by atoms with van der Waals surface area (Å²) in [6, 6.07) is 19.5. The van der Waals surface area contributed by atoms with Gasteiger partial charge >= 0.3 is 0 Å². The fourth-order valence-electron chi connectivity index (χ4n) is 3.13. The van der Waals surface area contributed by atoms with Crippen LogP contribution in [0.25, 0.3) is 22.8 Å². The van der Waals surface area contributed by atoms with Gasteiger partial charge in [-0.05, 0) is 18.1 Å². The van der Waals surface area contributed by atoms with E-state index in [1.54, 1.807) is 24.8 Å². The van der Waals surface area contributed by atoms with Crippen molar-refractivity contribution in [3.05, 3.63) is 104 Å². The zero-order valence-electron chi connectivity index (χ0n) is 15.7. The number of aldehydes is 1. The predicted octanol–water partition coefficient (Wildman–Crippen LogP) is 4.50. The maximum Gasteiger partial charge on any atom is 0.159 e. The standard InChI is InChI=1S/C24H19N4O/c1-17(20-12-25-23(26-13-20)18-8-4-2-5-9-18)22(16-29)21-14-27-24(28-15-21)19-10-6-3-7-11-19/h2-17,22H,1H2. The van der Waals surface area contributed by atoms with Gasteiger partial charge in [-0.2, -0.15) is 0 Å². The van der Waals surface area contributed by atoms with Crippen molar-refractivity contribution in [2.24, 2.45) is 0 Å². The SMILES string of the molecule is [CH2]C(c1cnc(-c2ccccc2)nc1)C(C=O)c1cnc(-c2ccccc2)nc1. The highest BCUT2D eigenvalue weighted by atomic mass is 16.1. The highest BCUT2D eigenvalue weighted by Crippen LogP contribution is 2.30. The third kappa shape index (κ3) is 4.09. The molecule has 0 aliphatic carbocycles. The van der Waals surface area contributed by atoms with Crippen molar-refractivity contribution in [1.29, 1.82) is 0 Å². The van der Waals surface area contributed by atoms with E-state index in [0.717, 1.165) is 23.0 Å². The summed E-state index contributed by atoms with van der Waals surface area (Å²) >= 11 is 0. The van der Waals surface area contributed by atoms with Gasteiger partial charge in [0.15, 0.2) is 11.6 Å². The average molecular weight is 379 g/mol. The average Bonchev–Trinajstić information content (AvgIpc) is 2.81. The summed E-state index contributed by atoms with van der Waals surface area (Å²) in [6.07, 6.45) is 7.70. The lowest BCUT2D eigenvalue weighted by atomic mass is 9.86. The van der Waals surface area contributed by atoms with Gasteiger partial charge in [-0.3, -0.25) is 0 Å². The molecule has 0 bridgehead atoms. The summed E-state index contributed by atoms with van der Waals surface area (Å²) in [7, 11) is 0. The van der Waals surface area contributed by atoms with Crippen LogP contribution in [0.4, 0.5) is 0 Å². The Balaban J connectivity index is 1.55. The third-order valence-corrected chi connectivity index (χ3v) is 4.80. The van der Waals surface area contributed by atoms with Crippen LogP contribution in [0.1, 0.15) is 23.0 Å². The van der Waals surface area contributed by atoms with Crippen LogP contribution in [0.5, 0.6) is 0 Å². The number of hydrogen-bond acceptors (Lipinski definition) is 5. The lowest BCUT2D eigenvalue weighted by Crippen LogP contribution is -2.12. The molecule has 141 valence electrons. The normalized spacial score (nSPS) is 12.9. The molecule has 1 radical (unpaired) electrons. The second-order valence-corrected chi connectivity index (χ2v) is 6.68. The first-order valence-corrected chi connectivity index (χ1v) is 9.29. The molecule has 0 aliphatic rings. The number of carbonyl (C=O) groups excluding carboxylic acids is 1. The molecule has 0 saturated heterocycles. The molecule has 0 amide bonds. The summed E-state index contributed by atoms with van der Waals surface area (Å²) in [5.74, 6) is 0.435. The molecule has 29 heavy (non-hydrogen) atoms. The smallest absolute Gasteiger partial charge is 0.159 e. The Kier molecular flexibility index (Phi) is 5.47. The molecule has 0 N–H and O–H groups in total. The molecule has 0 spiro atoms. The van der Waals surface area contributed by atoms with Crippen LogP contribution in [0.15, 0.2) is 85.5 Å². The van der Waals surface area contributed by atoms with Gasteiger partial charge in [0.2, 0.25) is 0 Å². The molecule has 4 rings (SSSR count). The number of rotatable bonds is 6. The van der Waals surface area contributed by atoms with Gasteiger partial charge in [0.1, 0.15) is 6.29 Å². The van der Waals surface area contributed by atoms with E-state index in [4.69, 9.17) is 0 Å². The summed E-state index contributed by atoms with van der Waals surface area (Å²) in [5, 5.41) is 0. The Morgan fingerprint density at radius 3 is 1.48 bits per heavy atom. The van der Waals surface area contributed by atoms with E-state index in [2.05, 4.69) is 26.9 Å². The number of benzene rings is 2. The monoisotopic (exact) mass is 379 g/mol. The van der Waals surface area contributed by atoms with Gasteiger partial charge in [-0.15, -0.1) is 0 Å². The van der Waals surface area contributed by atoms with Gasteiger partial charge < -0.3 is 4.79 Å². The number of aromatic nitrogens is 4. The maximum atomic E-state index is 11.8. The molecule has 2 atom stereocenters. The van der Waals surface area contributed by atoms with Gasteiger partial charge in [-0.1, -0.05) is 60.7 Å². The molecule has 2 unspecified atom stereocenters. The number of carbonyl (C=O) groups is 1. The van der Waals surface area contributed by atoms with Crippen molar-refractivity contribution in [3.8, 4) is 22.8 Å². The van der Waals surface area contributed by atoms with Crippen molar-refractivity contribution >= 4 is 6.29 Å². The predicted molar refractivity (Wildman–Crippen MR) is 112 cm³/mol. The Morgan fingerprint density at radius 1 is 0.655 bits per heavy atom. The second-order valence-electron chi connectivity index (χ2n) is 6.68. The minimum absolute atomic E-state index is 0.344. The molecule has 5 nitrogen and oxygen atoms in total. The van der Waals surface area contributed by atoms with Crippen LogP contribution in [-0.4, -0.2) is 26.2 Å². The zero-order valence-corrected chi connectivity index (χ0v) is 15.7. The number of nitrogens with zero attached hydrogens (tertiary/aromatic N) is 4. The topological polar surface area (TPSA) is 68.6 Å². The van der Waals surface area contributed by atoms with E-state index in [0.29, 0.717) is 17.2 Å². The summed E-state index contributed by atoms with van der Waals surface area (Å²) < 4.78 is 0. The maximum absolute atomic E-state index is 11.8. The van der Waals surface area contributed by atoms with Crippen LogP contribution < -0.4 is 0 Å².